The van der Waals surface area contributed by atoms with E-state index in [4.69, 9.17) is 28.5 Å². The van der Waals surface area contributed by atoms with Crippen molar-refractivity contribution in [1.29, 1.82) is 5.26 Å². The predicted octanol–water partition coefficient (Wildman–Crippen LogP) is 2.76. The van der Waals surface area contributed by atoms with Crippen molar-refractivity contribution >= 4 is 29.3 Å². The molecule has 4 heteroatoms. The Morgan fingerprint density at radius 1 is 1.33 bits per heavy atom. The lowest BCUT2D eigenvalue weighted by Crippen LogP contribution is -2.27. The molecule has 0 amide bonds. The van der Waals surface area contributed by atoms with Crippen LogP contribution in [0.1, 0.15) is 5.56 Å². The molecule has 78 valence electrons. The predicted molar refractivity (Wildman–Crippen MR) is 61.5 cm³/mol. The van der Waals surface area contributed by atoms with Crippen molar-refractivity contribution in [2.45, 2.75) is 10.4 Å². The molecule has 0 bridgehead atoms. The van der Waals surface area contributed by atoms with E-state index in [2.05, 4.69) is 0 Å². The van der Waals surface area contributed by atoms with Crippen LogP contribution in [0.25, 0.3) is 6.08 Å². The third-order valence-corrected chi connectivity index (χ3v) is 2.41. The highest BCUT2D eigenvalue weighted by atomic mass is 35.5. The molecule has 0 saturated carbocycles. The van der Waals surface area contributed by atoms with Crippen molar-refractivity contribution in [3.63, 3.8) is 0 Å². The second-order valence-electron chi connectivity index (χ2n) is 2.95. The third-order valence-electron chi connectivity index (χ3n) is 1.79. The normalized spacial score (nSPS) is 13.7. The lowest BCUT2D eigenvalue weighted by Gasteiger charge is -2.14. The summed E-state index contributed by atoms with van der Waals surface area (Å²) in [5.41, 5.74) is 0.902. The molecule has 0 radical (unpaired) electrons. The van der Waals surface area contributed by atoms with Crippen LogP contribution in [-0.2, 0) is 0 Å². The Bertz CT molecular complexity index is 381. The molecule has 1 rings (SSSR count). The Morgan fingerprint density at radius 3 is 2.47 bits per heavy atom. The molecule has 1 aromatic rings. The number of nitrogens with zero attached hydrogens (tertiary/aromatic N) is 1. The van der Waals surface area contributed by atoms with Crippen molar-refractivity contribution < 1.29 is 5.11 Å². The zero-order valence-electron chi connectivity index (χ0n) is 7.77. The van der Waals surface area contributed by atoms with E-state index >= 15 is 0 Å². The van der Waals surface area contributed by atoms with Crippen LogP contribution in [0.3, 0.4) is 0 Å². The zero-order valence-corrected chi connectivity index (χ0v) is 9.28. The fourth-order valence-electron chi connectivity index (χ4n) is 0.953. The molecule has 0 spiro atoms. The SMILES string of the molecule is N#CC(Cl)(Cl)C(O)/C=C/c1ccccc1. The maximum Gasteiger partial charge on any atom is 0.232 e. The van der Waals surface area contributed by atoms with E-state index in [1.807, 2.05) is 30.3 Å². The van der Waals surface area contributed by atoms with Crippen molar-refractivity contribution in [3.05, 3.63) is 42.0 Å². The van der Waals surface area contributed by atoms with E-state index in [0.717, 1.165) is 5.56 Å². The topological polar surface area (TPSA) is 44.0 Å². The molecule has 15 heavy (non-hydrogen) atoms. The van der Waals surface area contributed by atoms with Gasteiger partial charge < -0.3 is 5.11 Å². The molecule has 0 saturated heterocycles. The molecular formula is C11H9Cl2NO. The standard InChI is InChI=1S/C11H9Cl2NO/c12-11(13,8-14)10(15)7-6-9-4-2-1-3-5-9/h1-7,10,15H/b7-6+. The summed E-state index contributed by atoms with van der Waals surface area (Å²) < 4.78 is -1.80. The highest BCUT2D eigenvalue weighted by Crippen LogP contribution is 2.25. The summed E-state index contributed by atoms with van der Waals surface area (Å²) in [4.78, 5) is 0. The molecule has 0 heterocycles. The van der Waals surface area contributed by atoms with Gasteiger partial charge in [0.15, 0.2) is 0 Å². The summed E-state index contributed by atoms with van der Waals surface area (Å²) in [7, 11) is 0. The molecule has 0 aliphatic heterocycles. The Kier molecular flexibility index (Phi) is 4.16. The van der Waals surface area contributed by atoms with Crippen molar-refractivity contribution in [1.82, 2.24) is 0 Å². The Morgan fingerprint density at radius 2 is 1.93 bits per heavy atom. The lowest BCUT2D eigenvalue weighted by molar-refractivity contribution is 0.221. The van der Waals surface area contributed by atoms with Crippen LogP contribution in [0.15, 0.2) is 36.4 Å². The van der Waals surface area contributed by atoms with Crippen LogP contribution >= 0.6 is 23.2 Å². The van der Waals surface area contributed by atoms with E-state index in [0.29, 0.717) is 0 Å². The van der Waals surface area contributed by atoms with Crippen LogP contribution in [0.5, 0.6) is 0 Å². The van der Waals surface area contributed by atoms with Crippen molar-refractivity contribution in [2.75, 3.05) is 0 Å². The van der Waals surface area contributed by atoms with Crippen LogP contribution < -0.4 is 0 Å². The first-order chi connectivity index (χ1) is 7.06. The number of benzene rings is 1. The van der Waals surface area contributed by atoms with Gasteiger partial charge in [-0.15, -0.1) is 0 Å². The van der Waals surface area contributed by atoms with E-state index in [1.54, 1.807) is 12.1 Å². The molecule has 1 unspecified atom stereocenters. The fourth-order valence-corrected chi connectivity index (χ4v) is 1.10. The number of alkyl halides is 2. The molecule has 1 atom stereocenters. The number of nitriles is 1. The largest absolute Gasteiger partial charge is 0.385 e. The first kappa shape index (κ1) is 12.1. The molecular weight excluding hydrogens is 233 g/mol. The van der Waals surface area contributed by atoms with E-state index in [-0.39, 0.29) is 0 Å². The number of rotatable bonds is 3. The van der Waals surface area contributed by atoms with Gasteiger partial charge in [-0.3, -0.25) is 0 Å². The summed E-state index contributed by atoms with van der Waals surface area (Å²) >= 11 is 11.1. The lowest BCUT2D eigenvalue weighted by atomic mass is 10.1. The summed E-state index contributed by atoms with van der Waals surface area (Å²) in [5, 5.41) is 18.0. The molecule has 0 aromatic heterocycles. The monoisotopic (exact) mass is 241 g/mol. The second kappa shape index (κ2) is 5.18. The fraction of sp³-hybridized carbons (Fsp3) is 0.182. The van der Waals surface area contributed by atoms with Gasteiger partial charge in [0.1, 0.15) is 12.2 Å². The minimum absolute atomic E-state index is 0.902. The average molecular weight is 242 g/mol. The quantitative estimate of drug-likeness (QED) is 0.828. The maximum absolute atomic E-state index is 9.47. The second-order valence-corrected chi connectivity index (χ2v) is 4.34. The minimum Gasteiger partial charge on any atom is -0.385 e. The number of halogens is 2. The van der Waals surface area contributed by atoms with Gasteiger partial charge in [-0.2, -0.15) is 5.26 Å². The Balaban J connectivity index is 2.72. The van der Waals surface area contributed by atoms with Gasteiger partial charge in [0, 0.05) is 0 Å². The Labute approximate surface area is 98.4 Å². The summed E-state index contributed by atoms with van der Waals surface area (Å²) in [6.45, 7) is 0. The molecule has 0 aliphatic carbocycles. The first-order valence-corrected chi connectivity index (χ1v) is 5.02. The van der Waals surface area contributed by atoms with Gasteiger partial charge >= 0.3 is 0 Å². The van der Waals surface area contributed by atoms with Gasteiger partial charge in [-0.05, 0) is 5.56 Å². The van der Waals surface area contributed by atoms with Crippen molar-refractivity contribution in [3.8, 4) is 6.07 Å². The van der Waals surface area contributed by atoms with Crippen LogP contribution in [0, 0.1) is 11.3 Å². The molecule has 0 aliphatic rings. The number of hydrogen-bond acceptors (Lipinski definition) is 2. The smallest absolute Gasteiger partial charge is 0.232 e. The zero-order chi connectivity index (χ0) is 11.3. The van der Waals surface area contributed by atoms with Crippen LogP contribution in [0.4, 0.5) is 0 Å². The number of aliphatic hydroxyl groups excluding tert-OH is 1. The Hall–Kier alpha value is -1.01. The number of aliphatic hydroxyl groups is 1. The van der Waals surface area contributed by atoms with Gasteiger partial charge in [0.05, 0.1) is 0 Å². The van der Waals surface area contributed by atoms with E-state index in [9.17, 15) is 5.11 Å². The molecule has 1 N–H and O–H groups in total. The summed E-state index contributed by atoms with van der Waals surface area (Å²) in [5.74, 6) is 0. The molecule has 2 nitrogen and oxygen atoms in total. The van der Waals surface area contributed by atoms with E-state index < -0.39 is 10.4 Å². The average Bonchev–Trinajstić information content (AvgIpc) is 2.27. The first-order valence-electron chi connectivity index (χ1n) is 4.26. The minimum atomic E-state index is -1.80. The van der Waals surface area contributed by atoms with Gasteiger partial charge in [0.2, 0.25) is 4.33 Å². The highest BCUT2D eigenvalue weighted by molar-refractivity contribution is 6.51. The van der Waals surface area contributed by atoms with Gasteiger partial charge in [0.25, 0.3) is 0 Å². The maximum atomic E-state index is 9.47. The highest BCUT2D eigenvalue weighted by Gasteiger charge is 2.31. The molecule has 0 fully saturated rings. The van der Waals surface area contributed by atoms with Gasteiger partial charge in [-0.25, -0.2) is 0 Å². The third kappa shape index (κ3) is 3.56. The molecule has 1 aromatic carbocycles. The summed E-state index contributed by atoms with van der Waals surface area (Å²) in [6.07, 6.45) is 1.83. The summed E-state index contributed by atoms with van der Waals surface area (Å²) in [6, 6.07) is 10.9. The van der Waals surface area contributed by atoms with Crippen molar-refractivity contribution in [2.24, 2.45) is 0 Å². The number of hydrogen-bond donors (Lipinski definition) is 1. The van der Waals surface area contributed by atoms with Gasteiger partial charge in [-0.1, -0.05) is 65.7 Å². The van der Waals surface area contributed by atoms with Crippen LogP contribution in [-0.4, -0.2) is 15.5 Å². The van der Waals surface area contributed by atoms with Crippen LogP contribution in [0.2, 0.25) is 0 Å². The van der Waals surface area contributed by atoms with E-state index in [1.165, 1.54) is 6.08 Å².